The maximum Gasteiger partial charge on any atom is 0.229 e. The molecule has 0 atom stereocenters. The molecule has 2 heterocycles. The van der Waals surface area contributed by atoms with Gasteiger partial charge in [-0.15, -0.1) is 11.3 Å². The summed E-state index contributed by atoms with van der Waals surface area (Å²) < 4.78 is 0. The molecule has 1 aromatic carbocycles. The number of rotatable bonds is 4. The number of nitrogens with two attached hydrogens (primary N) is 1. The number of carbonyl (C=O) groups excluding carboxylic acids is 1. The smallest absolute Gasteiger partial charge is 0.229 e. The fourth-order valence-corrected chi connectivity index (χ4v) is 3.25. The maximum atomic E-state index is 12.2. The first-order chi connectivity index (χ1) is 11.1. The summed E-state index contributed by atoms with van der Waals surface area (Å²) in [5.74, 6) is -0.109. The van der Waals surface area contributed by atoms with Gasteiger partial charge in [-0.3, -0.25) is 9.78 Å². The van der Waals surface area contributed by atoms with Gasteiger partial charge in [0.15, 0.2) is 0 Å². The first kappa shape index (κ1) is 15.5. The summed E-state index contributed by atoms with van der Waals surface area (Å²) in [4.78, 5) is 17.1. The van der Waals surface area contributed by atoms with E-state index >= 15 is 0 Å². The van der Waals surface area contributed by atoms with Crippen LogP contribution in [-0.4, -0.2) is 10.9 Å². The van der Waals surface area contributed by atoms with E-state index in [9.17, 15) is 4.79 Å². The molecule has 0 aliphatic carbocycles. The second-order valence-electron chi connectivity index (χ2n) is 4.98. The molecule has 0 spiro atoms. The highest BCUT2D eigenvalue weighted by atomic mass is 35.5. The van der Waals surface area contributed by atoms with Gasteiger partial charge in [0.05, 0.1) is 12.1 Å². The molecule has 23 heavy (non-hydrogen) atoms. The molecule has 3 rings (SSSR count). The lowest BCUT2D eigenvalue weighted by atomic mass is 10.1. The SMILES string of the molecule is Nc1cc(-c2ccncc2)sc1NC(=O)Cc1ccc(Cl)cc1. The highest BCUT2D eigenvalue weighted by Gasteiger charge is 2.11. The van der Waals surface area contributed by atoms with Gasteiger partial charge in [-0.05, 0) is 41.5 Å². The Morgan fingerprint density at radius 1 is 1.17 bits per heavy atom. The number of nitrogens with zero attached hydrogens (tertiary/aromatic N) is 1. The summed E-state index contributed by atoms with van der Waals surface area (Å²) in [5, 5.41) is 4.18. The summed E-state index contributed by atoms with van der Waals surface area (Å²) in [7, 11) is 0. The molecule has 0 bridgehead atoms. The summed E-state index contributed by atoms with van der Waals surface area (Å²) in [6, 6.07) is 12.9. The van der Waals surface area contributed by atoms with Crippen molar-refractivity contribution in [1.82, 2.24) is 4.98 Å². The van der Waals surface area contributed by atoms with Crippen molar-refractivity contribution < 1.29 is 4.79 Å². The second-order valence-corrected chi connectivity index (χ2v) is 6.47. The number of nitrogen functional groups attached to an aromatic ring is 1. The van der Waals surface area contributed by atoms with E-state index in [1.54, 1.807) is 24.5 Å². The Labute approximate surface area is 142 Å². The van der Waals surface area contributed by atoms with Gasteiger partial charge in [-0.2, -0.15) is 0 Å². The Bertz CT molecular complexity index is 816. The van der Waals surface area contributed by atoms with Crippen LogP contribution in [0.4, 0.5) is 10.7 Å². The number of amides is 1. The van der Waals surface area contributed by atoms with E-state index in [2.05, 4.69) is 10.3 Å². The van der Waals surface area contributed by atoms with Gasteiger partial charge in [0, 0.05) is 22.3 Å². The monoisotopic (exact) mass is 343 g/mol. The standard InChI is InChI=1S/C17H14ClN3OS/c18-13-3-1-11(2-4-13)9-16(22)21-17-14(19)10-15(23-17)12-5-7-20-8-6-12/h1-8,10H,9,19H2,(H,21,22). The third kappa shape index (κ3) is 3.88. The summed E-state index contributed by atoms with van der Waals surface area (Å²) in [6.07, 6.45) is 3.73. The van der Waals surface area contributed by atoms with Crippen LogP contribution in [0.3, 0.4) is 0 Å². The number of pyridine rings is 1. The molecule has 6 heteroatoms. The molecule has 3 aromatic rings. The van der Waals surface area contributed by atoms with Gasteiger partial charge >= 0.3 is 0 Å². The molecular weight excluding hydrogens is 330 g/mol. The van der Waals surface area contributed by atoms with E-state index in [1.807, 2.05) is 30.3 Å². The molecule has 0 saturated heterocycles. The summed E-state index contributed by atoms with van der Waals surface area (Å²) >= 11 is 7.29. The number of benzene rings is 1. The van der Waals surface area contributed by atoms with Crippen LogP contribution in [0.5, 0.6) is 0 Å². The van der Waals surface area contributed by atoms with Crippen molar-refractivity contribution in [1.29, 1.82) is 0 Å². The highest BCUT2D eigenvalue weighted by Crippen LogP contribution is 2.36. The van der Waals surface area contributed by atoms with Crippen molar-refractivity contribution in [3.8, 4) is 10.4 Å². The zero-order chi connectivity index (χ0) is 16.2. The molecule has 3 N–H and O–H groups in total. The molecule has 1 amide bonds. The Hall–Kier alpha value is -2.37. The average molecular weight is 344 g/mol. The van der Waals surface area contributed by atoms with Crippen molar-refractivity contribution >= 4 is 39.5 Å². The molecular formula is C17H14ClN3OS. The third-order valence-corrected chi connectivity index (χ3v) is 4.62. The third-order valence-electron chi connectivity index (χ3n) is 3.26. The highest BCUT2D eigenvalue weighted by molar-refractivity contribution is 7.20. The fraction of sp³-hybridized carbons (Fsp3) is 0.0588. The average Bonchev–Trinajstić information content (AvgIpc) is 2.91. The predicted octanol–water partition coefficient (Wildman–Crippen LogP) is 4.23. The Balaban J connectivity index is 1.71. The molecule has 0 aliphatic heterocycles. The van der Waals surface area contributed by atoms with E-state index in [1.165, 1.54) is 11.3 Å². The Morgan fingerprint density at radius 3 is 2.57 bits per heavy atom. The predicted molar refractivity (Wildman–Crippen MR) is 95.7 cm³/mol. The lowest BCUT2D eigenvalue weighted by Crippen LogP contribution is -2.14. The quantitative estimate of drug-likeness (QED) is 0.745. The Kier molecular flexibility index (Phi) is 4.60. The maximum absolute atomic E-state index is 12.2. The normalized spacial score (nSPS) is 10.5. The molecule has 116 valence electrons. The second kappa shape index (κ2) is 6.81. The zero-order valence-corrected chi connectivity index (χ0v) is 13.7. The van der Waals surface area contributed by atoms with Crippen LogP contribution in [0, 0.1) is 0 Å². The Morgan fingerprint density at radius 2 is 1.87 bits per heavy atom. The number of thiophene rings is 1. The largest absolute Gasteiger partial charge is 0.396 e. The van der Waals surface area contributed by atoms with E-state index in [0.717, 1.165) is 16.0 Å². The minimum atomic E-state index is -0.109. The van der Waals surface area contributed by atoms with Crippen LogP contribution < -0.4 is 11.1 Å². The van der Waals surface area contributed by atoms with Crippen molar-refractivity contribution in [2.75, 3.05) is 11.1 Å². The van der Waals surface area contributed by atoms with Crippen LogP contribution in [-0.2, 0) is 11.2 Å². The number of nitrogens with one attached hydrogen (secondary N) is 1. The van der Waals surface area contributed by atoms with Crippen LogP contribution in [0.25, 0.3) is 10.4 Å². The van der Waals surface area contributed by atoms with Gasteiger partial charge in [0.25, 0.3) is 0 Å². The minimum Gasteiger partial charge on any atom is -0.396 e. The van der Waals surface area contributed by atoms with E-state index in [0.29, 0.717) is 15.7 Å². The fourth-order valence-electron chi connectivity index (χ4n) is 2.12. The molecule has 4 nitrogen and oxygen atoms in total. The lowest BCUT2D eigenvalue weighted by molar-refractivity contribution is -0.115. The van der Waals surface area contributed by atoms with E-state index in [-0.39, 0.29) is 12.3 Å². The van der Waals surface area contributed by atoms with Crippen LogP contribution >= 0.6 is 22.9 Å². The first-order valence-corrected chi connectivity index (χ1v) is 8.15. The topological polar surface area (TPSA) is 68.0 Å². The number of hydrogen-bond acceptors (Lipinski definition) is 4. The summed E-state index contributed by atoms with van der Waals surface area (Å²) in [5.41, 5.74) is 8.49. The summed E-state index contributed by atoms with van der Waals surface area (Å²) in [6.45, 7) is 0. The minimum absolute atomic E-state index is 0.109. The number of halogens is 1. The number of hydrogen-bond donors (Lipinski definition) is 2. The molecule has 0 fully saturated rings. The molecule has 2 aromatic heterocycles. The van der Waals surface area contributed by atoms with Gasteiger partial charge in [-0.1, -0.05) is 23.7 Å². The van der Waals surface area contributed by atoms with Gasteiger partial charge in [-0.25, -0.2) is 0 Å². The number of anilines is 2. The van der Waals surface area contributed by atoms with Gasteiger partial charge in [0.1, 0.15) is 5.00 Å². The van der Waals surface area contributed by atoms with Crippen LogP contribution in [0.2, 0.25) is 5.02 Å². The molecule has 0 aliphatic rings. The molecule has 0 unspecified atom stereocenters. The van der Waals surface area contributed by atoms with Gasteiger partial charge in [0.2, 0.25) is 5.91 Å². The first-order valence-electron chi connectivity index (χ1n) is 6.96. The molecule has 0 radical (unpaired) electrons. The van der Waals surface area contributed by atoms with E-state index in [4.69, 9.17) is 17.3 Å². The van der Waals surface area contributed by atoms with Gasteiger partial charge < -0.3 is 11.1 Å². The van der Waals surface area contributed by atoms with Crippen LogP contribution in [0.15, 0.2) is 54.9 Å². The van der Waals surface area contributed by atoms with Crippen molar-refractivity contribution in [2.24, 2.45) is 0 Å². The number of carbonyl (C=O) groups is 1. The zero-order valence-electron chi connectivity index (χ0n) is 12.1. The van der Waals surface area contributed by atoms with Crippen molar-refractivity contribution in [3.63, 3.8) is 0 Å². The molecule has 0 saturated carbocycles. The van der Waals surface area contributed by atoms with Crippen molar-refractivity contribution in [3.05, 3.63) is 65.4 Å². The number of aromatic nitrogens is 1. The van der Waals surface area contributed by atoms with E-state index < -0.39 is 0 Å². The van der Waals surface area contributed by atoms with Crippen molar-refractivity contribution in [2.45, 2.75) is 6.42 Å². The van der Waals surface area contributed by atoms with Crippen LogP contribution in [0.1, 0.15) is 5.56 Å². The lowest BCUT2D eigenvalue weighted by Gasteiger charge is -2.04.